The van der Waals surface area contributed by atoms with Gasteiger partial charge in [0, 0.05) is 0 Å². The number of hydrogen-bond acceptors (Lipinski definition) is 7. The van der Waals surface area contributed by atoms with Crippen LogP contribution in [0.15, 0.2) is 35.4 Å². The second-order valence-corrected chi connectivity index (χ2v) is 6.66. The van der Waals surface area contributed by atoms with E-state index in [2.05, 4.69) is 33.1 Å². The Labute approximate surface area is 176 Å². The fourth-order valence-corrected chi connectivity index (χ4v) is 3.12. The normalized spacial score (nSPS) is 10.6. The monoisotopic (exact) mass is 500 g/mol. The number of ether oxygens (including phenoxy) is 4. The summed E-state index contributed by atoms with van der Waals surface area (Å²) in [5.41, 5.74) is 4.74. The maximum absolute atomic E-state index is 10.7. The van der Waals surface area contributed by atoms with E-state index in [9.17, 15) is 4.79 Å². The molecule has 0 aliphatic rings. The number of aliphatic carboxylic acids is 1. The first kappa shape index (κ1) is 21.6. The first-order chi connectivity index (χ1) is 13.5. The molecule has 2 aromatic rings. The minimum atomic E-state index is -1.05. The van der Waals surface area contributed by atoms with E-state index in [0.717, 1.165) is 14.7 Å². The van der Waals surface area contributed by atoms with Crippen LogP contribution in [0, 0.1) is 3.57 Å². The van der Waals surface area contributed by atoms with Crippen molar-refractivity contribution in [2.45, 2.75) is 6.54 Å². The lowest BCUT2D eigenvalue weighted by Gasteiger charge is -2.12. The predicted octanol–water partition coefficient (Wildman–Crippen LogP) is 2.90. The van der Waals surface area contributed by atoms with Gasteiger partial charge in [-0.2, -0.15) is 5.10 Å². The van der Waals surface area contributed by atoms with E-state index in [1.54, 1.807) is 26.5 Å². The molecule has 0 bridgehead atoms. The molecule has 9 heteroatoms. The maximum atomic E-state index is 10.7. The third-order valence-electron chi connectivity index (χ3n) is 3.63. The summed E-state index contributed by atoms with van der Waals surface area (Å²) in [7, 11) is 4.68. The van der Waals surface area contributed by atoms with Gasteiger partial charge in [0.25, 0.3) is 0 Å². The van der Waals surface area contributed by atoms with Crippen LogP contribution in [0.4, 0.5) is 0 Å². The van der Waals surface area contributed by atoms with Crippen LogP contribution in [-0.2, 0) is 11.3 Å². The van der Waals surface area contributed by atoms with Crippen LogP contribution >= 0.6 is 22.6 Å². The van der Waals surface area contributed by atoms with Crippen molar-refractivity contribution in [2.75, 3.05) is 27.9 Å². The minimum Gasteiger partial charge on any atom is -0.493 e. The largest absolute Gasteiger partial charge is 0.493 e. The molecule has 150 valence electrons. The third-order valence-corrected chi connectivity index (χ3v) is 4.43. The minimum absolute atomic E-state index is 0.390. The SMILES string of the molecule is COc1ccc(CN/N=C/c2cc(I)c(OCC(=O)O)c(OC)c2)cc1OC. The molecule has 8 nitrogen and oxygen atoms in total. The molecule has 0 spiro atoms. The Bertz CT molecular complexity index is 857. The highest BCUT2D eigenvalue weighted by Crippen LogP contribution is 2.33. The average Bonchev–Trinajstić information content (AvgIpc) is 2.69. The van der Waals surface area contributed by atoms with Crippen LogP contribution in [0.5, 0.6) is 23.0 Å². The number of hydrazone groups is 1. The number of carboxylic acid groups (broad SMARTS) is 1. The quantitative estimate of drug-likeness (QED) is 0.294. The van der Waals surface area contributed by atoms with Gasteiger partial charge < -0.3 is 29.5 Å². The van der Waals surface area contributed by atoms with E-state index in [1.807, 2.05) is 24.3 Å². The second-order valence-electron chi connectivity index (χ2n) is 5.50. The number of methoxy groups -OCH3 is 3. The molecule has 2 rings (SSSR count). The Morgan fingerprint density at radius 1 is 1.11 bits per heavy atom. The number of halogens is 1. The Hall–Kier alpha value is -2.69. The smallest absolute Gasteiger partial charge is 0.341 e. The number of benzene rings is 2. The van der Waals surface area contributed by atoms with Gasteiger partial charge in [-0.15, -0.1) is 0 Å². The first-order valence-electron chi connectivity index (χ1n) is 8.17. The summed E-state index contributed by atoms with van der Waals surface area (Å²) in [5.74, 6) is 1.10. The number of hydrogen-bond donors (Lipinski definition) is 2. The fourth-order valence-electron chi connectivity index (χ4n) is 2.34. The number of nitrogens with one attached hydrogen (secondary N) is 1. The van der Waals surface area contributed by atoms with Gasteiger partial charge in [-0.1, -0.05) is 6.07 Å². The molecule has 28 heavy (non-hydrogen) atoms. The Morgan fingerprint density at radius 3 is 2.46 bits per heavy atom. The first-order valence-corrected chi connectivity index (χ1v) is 9.25. The topological polar surface area (TPSA) is 98.6 Å². The van der Waals surface area contributed by atoms with E-state index in [-0.39, 0.29) is 0 Å². The number of carbonyl (C=O) groups is 1. The predicted molar refractivity (Wildman–Crippen MR) is 113 cm³/mol. The summed E-state index contributed by atoms with van der Waals surface area (Å²) in [6.45, 7) is 0.0670. The van der Waals surface area contributed by atoms with Crippen molar-refractivity contribution >= 4 is 34.8 Å². The van der Waals surface area contributed by atoms with Gasteiger partial charge in [0.15, 0.2) is 29.6 Å². The molecule has 2 N–H and O–H groups in total. The highest BCUT2D eigenvalue weighted by atomic mass is 127. The summed E-state index contributed by atoms with van der Waals surface area (Å²) in [6, 6.07) is 9.18. The zero-order valence-electron chi connectivity index (χ0n) is 15.7. The summed E-state index contributed by atoms with van der Waals surface area (Å²) < 4.78 is 21.8. The molecule has 0 saturated carbocycles. The molecule has 0 unspecified atom stereocenters. The summed E-state index contributed by atoms with van der Waals surface area (Å²) in [4.78, 5) is 10.7. The van der Waals surface area contributed by atoms with Crippen molar-refractivity contribution < 1.29 is 28.8 Å². The zero-order valence-corrected chi connectivity index (χ0v) is 17.8. The van der Waals surface area contributed by atoms with Crippen LogP contribution in [0.2, 0.25) is 0 Å². The molecular weight excluding hydrogens is 479 g/mol. The van der Waals surface area contributed by atoms with Gasteiger partial charge in [-0.05, 0) is 58.0 Å². The van der Waals surface area contributed by atoms with Crippen molar-refractivity contribution in [1.82, 2.24) is 5.43 Å². The van der Waals surface area contributed by atoms with E-state index in [0.29, 0.717) is 29.5 Å². The van der Waals surface area contributed by atoms with Gasteiger partial charge in [0.05, 0.1) is 37.7 Å². The van der Waals surface area contributed by atoms with Gasteiger partial charge in [0.1, 0.15) is 0 Å². The molecular formula is C19H21IN2O6. The van der Waals surface area contributed by atoms with E-state index in [1.165, 1.54) is 7.11 Å². The van der Waals surface area contributed by atoms with Gasteiger partial charge >= 0.3 is 5.97 Å². The number of carboxylic acids is 1. The molecule has 0 amide bonds. The van der Waals surface area contributed by atoms with Crippen molar-refractivity contribution in [3.63, 3.8) is 0 Å². The summed E-state index contributed by atoms with van der Waals surface area (Å²) >= 11 is 2.06. The summed E-state index contributed by atoms with van der Waals surface area (Å²) in [5, 5.41) is 13.0. The molecule has 0 heterocycles. The molecule has 0 radical (unpaired) electrons. The van der Waals surface area contributed by atoms with Gasteiger partial charge in [-0.25, -0.2) is 4.79 Å². The maximum Gasteiger partial charge on any atom is 0.341 e. The average molecular weight is 500 g/mol. The van der Waals surface area contributed by atoms with Crippen LogP contribution in [0.3, 0.4) is 0 Å². The molecule has 0 fully saturated rings. The van der Waals surface area contributed by atoms with Crippen LogP contribution < -0.4 is 24.4 Å². The number of nitrogens with zero attached hydrogens (tertiary/aromatic N) is 1. The molecule has 0 atom stereocenters. The second kappa shape index (κ2) is 10.6. The molecule has 0 aromatic heterocycles. The van der Waals surface area contributed by atoms with Gasteiger partial charge in [0.2, 0.25) is 0 Å². The molecule has 2 aromatic carbocycles. The highest BCUT2D eigenvalue weighted by molar-refractivity contribution is 14.1. The highest BCUT2D eigenvalue weighted by Gasteiger charge is 2.12. The zero-order chi connectivity index (χ0) is 20.5. The van der Waals surface area contributed by atoms with Gasteiger partial charge in [-0.3, -0.25) is 0 Å². The lowest BCUT2D eigenvalue weighted by Crippen LogP contribution is -2.11. The molecule has 0 aliphatic heterocycles. The van der Waals surface area contributed by atoms with Crippen LogP contribution in [-0.4, -0.2) is 45.2 Å². The molecule has 0 saturated heterocycles. The van der Waals surface area contributed by atoms with Crippen molar-refractivity contribution in [1.29, 1.82) is 0 Å². The fraction of sp³-hybridized carbons (Fsp3) is 0.263. The lowest BCUT2D eigenvalue weighted by molar-refractivity contribution is -0.139. The summed E-state index contributed by atoms with van der Waals surface area (Å²) in [6.07, 6.45) is 1.65. The van der Waals surface area contributed by atoms with Crippen molar-refractivity contribution in [3.8, 4) is 23.0 Å². The van der Waals surface area contributed by atoms with Crippen molar-refractivity contribution in [3.05, 3.63) is 45.0 Å². The Kier molecular flexibility index (Phi) is 8.18. The van der Waals surface area contributed by atoms with E-state index >= 15 is 0 Å². The number of rotatable bonds is 10. The Morgan fingerprint density at radius 2 is 1.82 bits per heavy atom. The molecule has 0 aliphatic carbocycles. The van der Waals surface area contributed by atoms with Crippen molar-refractivity contribution in [2.24, 2.45) is 5.10 Å². The van der Waals surface area contributed by atoms with E-state index < -0.39 is 12.6 Å². The standard InChI is InChI=1S/C19H21IN2O6/c1-25-15-5-4-12(7-16(15)26-2)9-21-22-10-13-6-14(20)19(17(8-13)27-3)28-11-18(23)24/h4-8,10,21H,9,11H2,1-3H3,(H,23,24)/b22-10+. The van der Waals surface area contributed by atoms with Crippen LogP contribution in [0.1, 0.15) is 11.1 Å². The van der Waals surface area contributed by atoms with Crippen LogP contribution in [0.25, 0.3) is 0 Å². The third kappa shape index (κ3) is 5.91. The van der Waals surface area contributed by atoms with E-state index in [4.69, 9.17) is 24.1 Å². The Balaban J connectivity index is 2.04. The lowest BCUT2D eigenvalue weighted by atomic mass is 10.2.